The molecule has 0 aliphatic rings. The number of benzene rings is 7. The topological polar surface area (TPSA) is 35.9 Å². The van der Waals surface area contributed by atoms with Crippen LogP contribution in [0.15, 0.2) is 164 Å². The van der Waals surface area contributed by atoms with E-state index in [9.17, 15) is 4.11 Å². The SMILES string of the molecule is [2H]c1c([2H])c([2H])c(-c2cccc(-c3cc(C(C)(C)C)cc(C(C)(C)C)c3)c2-[n+]2[c-]n(-c3[c-]c(Oc4[c-]c5c(cc4)c4c([2H])c([2H])c([2H])c([2H])c4n5-c4cc(C([2H])(C)C(C)C)ccn4)ccc3)c3ccccc32)c([2H])c1[2H].[Pt]. The van der Waals surface area contributed by atoms with E-state index in [1.165, 1.54) is 0 Å². The molecule has 3 heterocycles. The molecule has 0 aliphatic carbocycles. The van der Waals surface area contributed by atoms with Gasteiger partial charge in [-0.3, -0.25) is 4.57 Å². The zero-order valence-electron chi connectivity index (χ0n) is 49.0. The van der Waals surface area contributed by atoms with Crippen molar-refractivity contribution in [1.82, 2.24) is 14.1 Å². The second-order valence-corrected chi connectivity index (χ2v) is 19.1. The smallest absolute Gasteiger partial charge is 0.268 e. The van der Waals surface area contributed by atoms with Crippen molar-refractivity contribution in [3.8, 4) is 50.9 Å². The maximum atomic E-state index is 9.20. The van der Waals surface area contributed by atoms with Crippen LogP contribution in [0.2, 0.25) is 0 Å². The van der Waals surface area contributed by atoms with Crippen molar-refractivity contribution in [2.75, 3.05) is 0 Å². The Labute approximate surface area is 424 Å². The minimum Gasteiger partial charge on any atom is -0.510 e. The van der Waals surface area contributed by atoms with E-state index in [0.717, 1.165) is 27.8 Å². The third-order valence-corrected chi connectivity index (χ3v) is 12.4. The largest absolute Gasteiger partial charge is 0.510 e. The van der Waals surface area contributed by atoms with Crippen LogP contribution in [0.4, 0.5) is 0 Å². The van der Waals surface area contributed by atoms with Crippen molar-refractivity contribution >= 4 is 32.8 Å². The van der Waals surface area contributed by atoms with Gasteiger partial charge in [-0.15, -0.1) is 29.7 Å². The number of imidazole rings is 1. The van der Waals surface area contributed by atoms with Crippen LogP contribution in [-0.4, -0.2) is 14.1 Å². The molecule has 1 atom stereocenters. The number of pyridine rings is 1. The molecule has 0 radical (unpaired) electrons. The van der Waals surface area contributed by atoms with E-state index in [1.54, 1.807) is 47.2 Å². The van der Waals surface area contributed by atoms with Gasteiger partial charge in [0.05, 0.1) is 29.1 Å². The summed E-state index contributed by atoms with van der Waals surface area (Å²) in [7, 11) is 0. The molecule has 0 bridgehead atoms. The van der Waals surface area contributed by atoms with Crippen LogP contribution in [0.25, 0.3) is 72.3 Å². The molecular weight excluding hydrogens is 1000 g/mol. The summed E-state index contributed by atoms with van der Waals surface area (Å²) in [6, 6.07) is 36.1. The molecule has 0 spiro atoms. The van der Waals surface area contributed by atoms with Crippen LogP contribution in [-0.2, 0) is 31.9 Å². The molecule has 338 valence electrons. The van der Waals surface area contributed by atoms with Crippen molar-refractivity contribution in [2.45, 2.75) is 79.0 Å². The first-order valence-corrected chi connectivity index (χ1v) is 22.3. The van der Waals surface area contributed by atoms with E-state index in [1.807, 2.05) is 78.4 Å². The number of para-hydroxylation sites is 4. The molecule has 6 heteroatoms. The van der Waals surface area contributed by atoms with Gasteiger partial charge in [0.1, 0.15) is 5.82 Å². The van der Waals surface area contributed by atoms with Crippen molar-refractivity contribution in [1.29, 1.82) is 0 Å². The number of hydrogen-bond donors (Lipinski definition) is 0. The molecule has 0 amide bonds. The Morgan fingerprint density at radius 1 is 0.657 bits per heavy atom. The van der Waals surface area contributed by atoms with Gasteiger partial charge in [-0.05, 0) is 90.8 Å². The Balaban J connectivity index is 0.00000722. The van der Waals surface area contributed by atoms with E-state index in [0.29, 0.717) is 55.9 Å². The number of nitrogens with zero attached hydrogens (tertiary/aromatic N) is 4. The second-order valence-electron chi connectivity index (χ2n) is 19.1. The average Bonchev–Trinajstić information content (AvgIpc) is 4.21. The quantitative estimate of drug-likeness (QED) is 0.107. The number of hydrogen-bond acceptors (Lipinski definition) is 2. The maximum absolute atomic E-state index is 9.20. The van der Waals surface area contributed by atoms with Crippen molar-refractivity contribution in [3.05, 3.63) is 199 Å². The van der Waals surface area contributed by atoms with Gasteiger partial charge in [0.2, 0.25) is 0 Å². The van der Waals surface area contributed by atoms with E-state index in [2.05, 4.69) is 83.2 Å². The fraction of sp³-hybridized carbons (Fsp3) is 0.213. The third-order valence-electron chi connectivity index (χ3n) is 12.4. The Morgan fingerprint density at radius 2 is 1.33 bits per heavy atom. The fourth-order valence-corrected chi connectivity index (χ4v) is 8.43. The summed E-state index contributed by atoms with van der Waals surface area (Å²) in [4.78, 5) is 4.69. The normalized spacial score (nSPS) is 15.1. The van der Waals surface area contributed by atoms with Crippen molar-refractivity contribution in [2.24, 2.45) is 5.92 Å². The molecule has 5 nitrogen and oxygen atoms in total. The molecule has 67 heavy (non-hydrogen) atoms. The van der Waals surface area contributed by atoms with Crippen LogP contribution in [0, 0.1) is 24.4 Å². The second kappa shape index (κ2) is 17.9. The minimum atomic E-state index is -0.986. The average molecular weight is 1070 g/mol. The molecule has 7 aromatic carbocycles. The molecular formula is C61H56N4OPt-2. The number of ether oxygens (including phenoxy) is 1. The number of fused-ring (bicyclic) bond motifs is 4. The van der Waals surface area contributed by atoms with Gasteiger partial charge in [-0.1, -0.05) is 177 Å². The summed E-state index contributed by atoms with van der Waals surface area (Å²) < 4.78 is 101. The third kappa shape index (κ3) is 8.67. The Morgan fingerprint density at radius 3 is 2.06 bits per heavy atom. The van der Waals surface area contributed by atoms with E-state index < -0.39 is 24.0 Å². The summed E-state index contributed by atoms with van der Waals surface area (Å²) >= 11 is 0. The molecule has 0 N–H and O–H groups in total. The van der Waals surface area contributed by atoms with Gasteiger partial charge in [-0.25, -0.2) is 4.98 Å². The molecule has 0 fully saturated rings. The molecule has 0 saturated carbocycles. The first-order valence-electron chi connectivity index (χ1n) is 27.3. The van der Waals surface area contributed by atoms with Gasteiger partial charge in [0.25, 0.3) is 6.33 Å². The summed E-state index contributed by atoms with van der Waals surface area (Å²) in [6.07, 6.45) is 5.21. The van der Waals surface area contributed by atoms with Crippen molar-refractivity contribution in [3.63, 3.8) is 0 Å². The van der Waals surface area contributed by atoms with Crippen LogP contribution in [0.1, 0.15) is 98.6 Å². The Hall–Kier alpha value is -6.55. The predicted octanol–water partition coefficient (Wildman–Crippen LogP) is 15.3. The Bertz CT molecular complexity index is 3960. The predicted molar refractivity (Wildman–Crippen MR) is 271 cm³/mol. The standard InChI is InChI=1S/C61H56N4O.Pt/c1-40(2)41(3)43-31-32-62-58(35-43)65-54-26-14-13-23-52(54)53-30-29-49(38-57(53)65)66-48-22-17-21-47(37-48)63-39-64(56-28-16-15-27-55(56)63)59-50(42-19-11-10-12-20-42)24-18-25-51(59)44-33-45(60(4,5)6)36-46(34-44)61(7,8)9;/h10-36,40-41H,1-9H3;/q-2;/i10D,11D,12D,13D,14D,19D,20D,23D,26D,41D;. The summed E-state index contributed by atoms with van der Waals surface area (Å²) in [5.41, 5.74) is 7.77. The van der Waals surface area contributed by atoms with Gasteiger partial charge in [-0.2, -0.15) is 18.2 Å². The zero-order chi connectivity index (χ0) is 54.7. The van der Waals surface area contributed by atoms with E-state index >= 15 is 0 Å². The minimum absolute atomic E-state index is 0. The molecule has 10 rings (SSSR count). The number of aromatic nitrogens is 4. The number of rotatable bonds is 9. The van der Waals surface area contributed by atoms with Crippen LogP contribution in [0.3, 0.4) is 0 Å². The van der Waals surface area contributed by atoms with Crippen molar-refractivity contribution < 1.29 is 44.1 Å². The zero-order valence-corrected chi connectivity index (χ0v) is 41.3. The van der Waals surface area contributed by atoms with Crippen LogP contribution < -0.4 is 9.30 Å². The molecule has 10 aromatic rings. The van der Waals surface area contributed by atoms with Gasteiger partial charge in [0, 0.05) is 45.6 Å². The molecule has 0 aliphatic heterocycles. The summed E-state index contributed by atoms with van der Waals surface area (Å²) in [6.45, 7) is 18.8. The van der Waals surface area contributed by atoms with E-state index in [4.69, 9.17) is 14.3 Å². The summed E-state index contributed by atoms with van der Waals surface area (Å²) in [5.74, 6) is -0.0918. The van der Waals surface area contributed by atoms with Gasteiger partial charge >= 0.3 is 0 Å². The monoisotopic (exact) mass is 1070 g/mol. The van der Waals surface area contributed by atoms with Crippen LogP contribution in [0.5, 0.6) is 11.5 Å². The molecule has 3 aromatic heterocycles. The summed E-state index contributed by atoms with van der Waals surface area (Å²) in [5, 5.41) is 0.816. The Kier molecular flexibility index (Phi) is 9.29. The molecule has 1 unspecified atom stereocenters. The first kappa shape index (κ1) is 34.7. The first-order chi connectivity index (χ1) is 35.8. The van der Waals surface area contributed by atoms with E-state index in [-0.39, 0.29) is 90.9 Å². The van der Waals surface area contributed by atoms with Gasteiger partial charge < -0.3 is 13.9 Å². The van der Waals surface area contributed by atoms with Crippen LogP contribution >= 0.6 is 0 Å². The fourth-order valence-electron chi connectivity index (χ4n) is 8.43. The molecule has 0 saturated heterocycles. The van der Waals surface area contributed by atoms with Gasteiger partial charge in [0.15, 0.2) is 0 Å². The maximum Gasteiger partial charge on any atom is 0.268 e.